The third kappa shape index (κ3) is 4.13. The van der Waals surface area contributed by atoms with Crippen LogP contribution in [0.1, 0.15) is 67.7 Å². The number of thiophene rings is 1. The molecule has 1 aliphatic heterocycles. The highest BCUT2D eigenvalue weighted by Crippen LogP contribution is 2.47. The van der Waals surface area contributed by atoms with Crippen LogP contribution in [0.5, 0.6) is 11.5 Å². The van der Waals surface area contributed by atoms with Gasteiger partial charge in [0.25, 0.3) is 0 Å². The van der Waals surface area contributed by atoms with E-state index in [1.54, 1.807) is 29.5 Å². The summed E-state index contributed by atoms with van der Waals surface area (Å²) in [5.74, 6) is -0.488. The van der Waals surface area contributed by atoms with E-state index in [2.05, 4.69) is 11.4 Å². The van der Waals surface area contributed by atoms with Gasteiger partial charge in [-0.25, -0.2) is 4.79 Å². The number of phenols is 1. The summed E-state index contributed by atoms with van der Waals surface area (Å²) in [6.07, 6.45) is 4.89. The number of hydrogen-bond donors (Lipinski definition) is 2. The third-order valence-electron chi connectivity index (χ3n) is 7.11. The molecule has 34 heavy (non-hydrogen) atoms. The van der Waals surface area contributed by atoms with Crippen molar-refractivity contribution in [1.82, 2.24) is 5.32 Å². The number of rotatable bonds is 5. The van der Waals surface area contributed by atoms with Crippen molar-refractivity contribution in [2.75, 3.05) is 7.11 Å². The maximum atomic E-state index is 13.6. The van der Waals surface area contributed by atoms with E-state index >= 15 is 0 Å². The Morgan fingerprint density at radius 3 is 2.68 bits per heavy atom. The molecule has 5 rings (SSSR count). The molecule has 0 unspecified atom stereocenters. The molecule has 2 aromatic rings. The van der Waals surface area contributed by atoms with Gasteiger partial charge in [0.05, 0.1) is 12.7 Å². The summed E-state index contributed by atoms with van der Waals surface area (Å²) in [5, 5.41) is 15.6. The molecular formula is C27H29NO5S. The molecular weight excluding hydrogens is 450 g/mol. The van der Waals surface area contributed by atoms with E-state index in [1.807, 2.05) is 18.4 Å². The Balaban J connectivity index is 1.58. The molecule has 6 nitrogen and oxygen atoms in total. The monoisotopic (exact) mass is 479 g/mol. The van der Waals surface area contributed by atoms with Crippen molar-refractivity contribution < 1.29 is 24.2 Å². The maximum absolute atomic E-state index is 13.6. The molecule has 0 radical (unpaired) electrons. The molecule has 1 aromatic heterocycles. The number of hydrogen-bond acceptors (Lipinski definition) is 7. The Morgan fingerprint density at radius 1 is 1.18 bits per heavy atom. The average molecular weight is 480 g/mol. The fourth-order valence-corrected chi connectivity index (χ4v) is 6.29. The van der Waals surface area contributed by atoms with Crippen LogP contribution in [-0.4, -0.2) is 30.1 Å². The van der Waals surface area contributed by atoms with Crippen LogP contribution in [0.15, 0.2) is 58.3 Å². The Kier molecular flexibility index (Phi) is 6.21. The Morgan fingerprint density at radius 2 is 1.97 bits per heavy atom. The summed E-state index contributed by atoms with van der Waals surface area (Å²) < 4.78 is 11.2. The molecule has 3 aliphatic rings. The largest absolute Gasteiger partial charge is 0.504 e. The quantitative estimate of drug-likeness (QED) is 0.566. The van der Waals surface area contributed by atoms with Crippen LogP contribution in [0.4, 0.5) is 0 Å². The molecule has 7 heteroatoms. The number of phenolic OH excluding ortho intramolecular Hbond substituents is 1. The van der Waals surface area contributed by atoms with Crippen molar-refractivity contribution >= 4 is 23.1 Å². The summed E-state index contributed by atoms with van der Waals surface area (Å²) in [6.45, 7) is 1.87. The Labute approximate surface area is 203 Å². The number of methoxy groups -OCH3 is 1. The zero-order valence-electron chi connectivity index (χ0n) is 19.4. The smallest absolute Gasteiger partial charge is 0.337 e. The van der Waals surface area contributed by atoms with E-state index in [0.29, 0.717) is 35.4 Å². The second-order valence-electron chi connectivity index (χ2n) is 9.28. The summed E-state index contributed by atoms with van der Waals surface area (Å²) in [4.78, 5) is 28.3. The fraction of sp³-hybridized carbons (Fsp3) is 0.407. The van der Waals surface area contributed by atoms with Crippen molar-refractivity contribution in [2.45, 2.75) is 63.4 Å². The van der Waals surface area contributed by atoms with Gasteiger partial charge in [0.2, 0.25) is 0 Å². The molecule has 1 aromatic carbocycles. The predicted octanol–water partition coefficient (Wildman–Crippen LogP) is 5.31. The minimum atomic E-state index is -0.573. The van der Waals surface area contributed by atoms with Gasteiger partial charge in [-0.3, -0.25) is 4.79 Å². The molecule has 1 saturated carbocycles. The predicted molar refractivity (Wildman–Crippen MR) is 130 cm³/mol. The number of ketones is 1. The first-order valence-electron chi connectivity index (χ1n) is 11.8. The van der Waals surface area contributed by atoms with Gasteiger partial charge in [-0.2, -0.15) is 0 Å². The SMILES string of the molecule is COc1cc([C@H]2C(C(=O)OC3CCCC3)=C(C)NC3=C2C(=O)C[C@@H](c2cccs2)C3)ccc1O. The van der Waals surface area contributed by atoms with Gasteiger partial charge in [0.1, 0.15) is 6.10 Å². The Hall–Kier alpha value is -3.06. The number of Topliss-reactive ketones (excluding diaryl/α,β-unsaturated/α-hetero) is 1. The maximum Gasteiger partial charge on any atom is 0.337 e. The third-order valence-corrected chi connectivity index (χ3v) is 8.14. The van der Waals surface area contributed by atoms with Crippen LogP contribution in [0, 0.1) is 0 Å². The first kappa shape index (κ1) is 22.7. The minimum absolute atomic E-state index is 0.0119. The lowest BCUT2D eigenvalue weighted by Crippen LogP contribution is -2.36. The molecule has 2 atom stereocenters. The highest BCUT2D eigenvalue weighted by molar-refractivity contribution is 7.10. The molecule has 178 valence electrons. The number of esters is 1. The molecule has 0 saturated heterocycles. The number of dihydropyridines is 1. The first-order valence-corrected chi connectivity index (χ1v) is 12.7. The minimum Gasteiger partial charge on any atom is -0.504 e. The van der Waals surface area contributed by atoms with E-state index in [1.165, 1.54) is 12.0 Å². The van der Waals surface area contributed by atoms with Crippen molar-refractivity contribution in [3.8, 4) is 11.5 Å². The molecule has 2 aliphatic carbocycles. The van der Waals surface area contributed by atoms with Crippen LogP contribution in [0.3, 0.4) is 0 Å². The van der Waals surface area contributed by atoms with Crippen molar-refractivity contribution in [3.63, 3.8) is 0 Å². The fourth-order valence-electron chi connectivity index (χ4n) is 5.46. The first-order chi connectivity index (χ1) is 16.5. The van der Waals surface area contributed by atoms with Gasteiger partial charge in [0, 0.05) is 40.1 Å². The van der Waals surface area contributed by atoms with E-state index in [-0.39, 0.29) is 29.5 Å². The number of aromatic hydroxyl groups is 1. The zero-order valence-corrected chi connectivity index (χ0v) is 20.2. The topological polar surface area (TPSA) is 84.9 Å². The van der Waals surface area contributed by atoms with E-state index in [9.17, 15) is 14.7 Å². The molecule has 1 fully saturated rings. The summed E-state index contributed by atoms with van der Waals surface area (Å²) in [7, 11) is 1.49. The van der Waals surface area contributed by atoms with Gasteiger partial charge in [0.15, 0.2) is 17.3 Å². The number of carbonyl (C=O) groups excluding carboxylic acids is 2. The van der Waals surface area contributed by atoms with Crippen molar-refractivity contribution in [2.24, 2.45) is 0 Å². The normalized spacial score (nSPS) is 23.1. The van der Waals surface area contributed by atoms with E-state index in [4.69, 9.17) is 9.47 Å². The van der Waals surface area contributed by atoms with Crippen molar-refractivity contribution in [1.29, 1.82) is 0 Å². The molecule has 0 bridgehead atoms. The van der Waals surface area contributed by atoms with E-state index < -0.39 is 5.92 Å². The van der Waals surface area contributed by atoms with Crippen LogP contribution >= 0.6 is 11.3 Å². The average Bonchev–Trinajstić information content (AvgIpc) is 3.53. The summed E-state index contributed by atoms with van der Waals surface area (Å²) >= 11 is 1.67. The number of nitrogens with one attached hydrogen (secondary N) is 1. The number of ether oxygens (including phenoxy) is 2. The molecule has 0 spiro atoms. The molecule has 2 N–H and O–H groups in total. The van der Waals surface area contributed by atoms with Gasteiger partial charge in [-0.1, -0.05) is 12.1 Å². The zero-order chi connectivity index (χ0) is 23.8. The summed E-state index contributed by atoms with van der Waals surface area (Å²) in [6, 6.07) is 9.11. The second kappa shape index (κ2) is 9.29. The van der Waals surface area contributed by atoms with Crippen LogP contribution < -0.4 is 10.1 Å². The summed E-state index contributed by atoms with van der Waals surface area (Å²) in [5.41, 5.74) is 3.37. The van der Waals surface area contributed by atoms with E-state index in [0.717, 1.165) is 36.9 Å². The lowest BCUT2D eigenvalue weighted by molar-refractivity contribution is -0.144. The van der Waals surface area contributed by atoms with Crippen molar-refractivity contribution in [3.05, 3.63) is 68.7 Å². The standard InChI is InChI=1S/C27H29NO5S/c1-15-24(27(31)33-18-6-3-4-7-18)25(16-9-10-20(29)22(14-16)32-2)26-19(28-15)12-17(13-21(26)30)23-8-5-11-34-23/h5,8-11,14,17-18,25,28-29H,3-4,6-7,12-13H2,1-2H3/t17-,25-/m0/s1. The van der Waals surface area contributed by atoms with Crippen LogP contribution in [0.2, 0.25) is 0 Å². The van der Waals surface area contributed by atoms with Gasteiger partial charge in [-0.15, -0.1) is 11.3 Å². The van der Waals surface area contributed by atoms with Gasteiger partial charge >= 0.3 is 5.97 Å². The van der Waals surface area contributed by atoms with Crippen LogP contribution in [-0.2, 0) is 14.3 Å². The number of allylic oxidation sites excluding steroid dienone is 3. The molecule has 0 amide bonds. The molecule has 2 heterocycles. The van der Waals surface area contributed by atoms with Gasteiger partial charge < -0.3 is 19.9 Å². The number of benzene rings is 1. The Bertz CT molecular complexity index is 1170. The second-order valence-corrected chi connectivity index (χ2v) is 10.3. The highest BCUT2D eigenvalue weighted by Gasteiger charge is 2.42. The lowest BCUT2D eigenvalue weighted by Gasteiger charge is -2.36. The highest BCUT2D eigenvalue weighted by atomic mass is 32.1. The number of carbonyl (C=O) groups is 2. The van der Waals surface area contributed by atoms with Gasteiger partial charge in [-0.05, 0) is 68.2 Å². The lowest BCUT2D eigenvalue weighted by atomic mass is 9.72. The van der Waals surface area contributed by atoms with Crippen LogP contribution in [0.25, 0.3) is 0 Å².